The second kappa shape index (κ2) is 13.3. The van der Waals surface area contributed by atoms with Gasteiger partial charge in [-0.3, -0.25) is 60.7 Å². The zero-order valence-corrected chi connectivity index (χ0v) is 22.6. The first kappa shape index (κ1) is 35.1. The third-order valence-electron chi connectivity index (χ3n) is 5.40. The van der Waals surface area contributed by atoms with Crippen LogP contribution < -0.4 is 0 Å². The van der Waals surface area contributed by atoms with Gasteiger partial charge in [0.25, 0.3) is 49.1 Å². The van der Waals surface area contributed by atoms with Crippen LogP contribution in [0.3, 0.4) is 0 Å². The summed E-state index contributed by atoms with van der Waals surface area (Å²) in [5.74, 6) is -5.08. The van der Waals surface area contributed by atoms with E-state index in [2.05, 4.69) is 14.8 Å². The van der Waals surface area contributed by atoms with Gasteiger partial charge >= 0.3 is 39.5 Å². The van der Waals surface area contributed by atoms with Crippen LogP contribution in [-0.2, 0) is 14.8 Å². The summed E-state index contributed by atoms with van der Waals surface area (Å²) in [6, 6.07) is 0.777. The number of hydrogen-bond donors (Lipinski definition) is 3. The minimum Gasteiger partial charge on any atom is -0.497 e. The Balaban J connectivity index is 2.17. The van der Waals surface area contributed by atoms with E-state index in [1.54, 1.807) is 0 Å². The third-order valence-corrected chi connectivity index (χ3v) is 5.40. The van der Waals surface area contributed by atoms with Gasteiger partial charge in [0.2, 0.25) is 0 Å². The Morgan fingerprint density at radius 3 is 0.776 bits per heavy atom. The first-order valence-corrected chi connectivity index (χ1v) is 11.5. The monoisotopic (exact) mass is 701 g/mol. The summed E-state index contributed by atoms with van der Waals surface area (Å²) < 4.78 is 0. The molecule has 254 valence electrons. The lowest BCUT2D eigenvalue weighted by Gasteiger charge is -2.03. The first-order chi connectivity index (χ1) is 22.7. The van der Waals surface area contributed by atoms with E-state index in [-0.39, 0.29) is 36.4 Å². The Hall–Kier alpha value is -8.38. The Kier molecular flexibility index (Phi) is 9.54. The molecule has 0 fully saturated rings. The van der Waals surface area contributed by atoms with Gasteiger partial charge in [0.05, 0.1) is 62.5 Å². The molecule has 0 aromatic heterocycles. The standard InChI is InChI=1S/C18H6N10O21/c29-16-10(22(38)39)1-7(19(32)33)4-13(16)25(44)47-28(48-26(45)14-5-8(20(34)35)2-11(17(14)30)23(40)41)49-27(46)15-6-9(21(36)37)3-12(18(15)31)24(42)43/h1-6H/p+3. The lowest BCUT2D eigenvalue weighted by Crippen LogP contribution is -2.33. The fourth-order valence-electron chi connectivity index (χ4n) is 3.28. The largest absolute Gasteiger partial charge is 0.497 e. The highest BCUT2D eigenvalue weighted by atomic mass is 17.3. The number of benzene rings is 3. The predicted molar refractivity (Wildman–Crippen MR) is 139 cm³/mol. The smallest absolute Gasteiger partial charge is 0.423 e. The number of aromatic hydroxyl groups is 3. The molecule has 0 amide bonds. The van der Waals surface area contributed by atoms with Crippen LogP contribution in [0, 0.1) is 75.4 Å². The highest BCUT2D eigenvalue weighted by molar-refractivity contribution is 5.66. The van der Waals surface area contributed by atoms with E-state index in [0.29, 0.717) is 0 Å². The van der Waals surface area contributed by atoms with E-state index in [9.17, 15) is 90.7 Å². The van der Waals surface area contributed by atoms with Crippen LogP contribution in [0.1, 0.15) is 0 Å². The first-order valence-electron chi connectivity index (χ1n) is 11.5. The van der Waals surface area contributed by atoms with Gasteiger partial charge in [0, 0.05) is 0 Å². The normalized spacial score (nSPS) is 10.5. The van der Waals surface area contributed by atoms with Crippen molar-refractivity contribution in [1.82, 2.24) is 5.39 Å². The number of nitrogens with zero attached hydrogens (tertiary/aromatic N) is 10. The summed E-state index contributed by atoms with van der Waals surface area (Å²) in [4.78, 5) is 106. The van der Waals surface area contributed by atoms with E-state index in [4.69, 9.17) is 0 Å². The average Bonchev–Trinajstić information content (AvgIpc) is 3.00. The molecule has 0 bridgehead atoms. The maximum absolute atomic E-state index is 12.8. The van der Waals surface area contributed by atoms with Gasteiger partial charge in [-0.2, -0.15) is 0 Å². The zero-order chi connectivity index (χ0) is 37.1. The van der Waals surface area contributed by atoms with Gasteiger partial charge in [-0.15, -0.1) is 0 Å². The van der Waals surface area contributed by atoms with Crippen molar-refractivity contribution in [2.24, 2.45) is 0 Å². The number of phenolic OH excluding ortho intramolecular Hbond substituents is 3. The van der Waals surface area contributed by atoms with Crippen LogP contribution in [0.4, 0.5) is 51.2 Å². The topological polar surface area (TPSA) is 411 Å². The highest BCUT2D eigenvalue weighted by Gasteiger charge is 2.47. The van der Waals surface area contributed by atoms with Crippen molar-refractivity contribution in [1.29, 1.82) is 0 Å². The zero-order valence-electron chi connectivity index (χ0n) is 22.6. The molecule has 0 heterocycles. The molecule has 0 saturated heterocycles. The van der Waals surface area contributed by atoms with Gasteiger partial charge < -0.3 is 15.3 Å². The number of rotatable bonds is 15. The van der Waals surface area contributed by atoms with E-state index in [1.807, 2.05) is 0 Å². The molecular weight excluding hydrogens is 692 g/mol. The van der Waals surface area contributed by atoms with Crippen LogP contribution in [0.15, 0.2) is 36.4 Å². The molecular formula is C18H9N10O21+3. The number of non-ortho nitro benzene ring substituents is 3. The average molecular weight is 701 g/mol. The van der Waals surface area contributed by atoms with Crippen molar-refractivity contribution in [2.75, 3.05) is 0 Å². The molecule has 3 aromatic carbocycles. The minimum absolute atomic E-state index is 0.100. The molecule has 0 saturated carbocycles. The Bertz CT molecular complexity index is 1800. The van der Waals surface area contributed by atoms with Crippen molar-refractivity contribution in [2.45, 2.75) is 0 Å². The van der Waals surface area contributed by atoms with E-state index < -0.39 is 118 Å². The molecule has 0 aliphatic heterocycles. The van der Waals surface area contributed by atoms with Crippen LogP contribution in [0.2, 0.25) is 0 Å². The van der Waals surface area contributed by atoms with E-state index in [0.717, 1.165) is 0 Å². The Morgan fingerprint density at radius 2 is 0.592 bits per heavy atom. The molecule has 49 heavy (non-hydrogen) atoms. The van der Waals surface area contributed by atoms with Crippen molar-refractivity contribution < 1.29 is 74.4 Å². The van der Waals surface area contributed by atoms with Gasteiger partial charge in [0.15, 0.2) is 0 Å². The summed E-state index contributed by atoms with van der Waals surface area (Å²) >= 11 is 0. The molecule has 3 rings (SSSR count). The van der Waals surface area contributed by atoms with Crippen molar-refractivity contribution in [3.8, 4) is 17.2 Å². The second-order valence-electron chi connectivity index (χ2n) is 8.28. The number of nitro groups is 6. The lowest BCUT2D eigenvalue weighted by molar-refractivity contribution is -1.01. The molecule has 0 radical (unpaired) electrons. The predicted octanol–water partition coefficient (Wildman–Crippen LogP) is 2.73. The molecule has 0 spiro atoms. The lowest BCUT2D eigenvalue weighted by atomic mass is 10.2. The SMILES string of the molecule is O=[N+]([O-])c1cc([N+](=O)[O-])c(O)c([N+](=O)ON(O[N+](=O)c2cc([N+](=O)[O-])cc([N+](=O)[O-])c2O)O[N+](=O)c2cc([N+](=O)[O-])cc([N+](=O)[O-])c2O)c1. The molecule has 3 N–H and O–H groups in total. The molecule has 0 aliphatic rings. The maximum atomic E-state index is 12.8. The Labute approximate surface area is 260 Å². The van der Waals surface area contributed by atoms with Crippen molar-refractivity contribution in [3.05, 3.63) is 112 Å². The maximum Gasteiger partial charge on any atom is 0.423 e. The van der Waals surface area contributed by atoms with Crippen LogP contribution in [0.25, 0.3) is 0 Å². The molecule has 0 atom stereocenters. The van der Waals surface area contributed by atoms with Crippen molar-refractivity contribution in [3.63, 3.8) is 0 Å². The van der Waals surface area contributed by atoms with Crippen LogP contribution >= 0.6 is 0 Å². The highest BCUT2D eigenvalue weighted by Crippen LogP contribution is 2.42. The number of hydrogen-bond acceptors (Lipinski definition) is 22. The van der Waals surface area contributed by atoms with Crippen LogP contribution in [-0.4, -0.2) is 65.0 Å². The molecule has 31 nitrogen and oxygen atoms in total. The summed E-state index contributed by atoms with van der Waals surface area (Å²) in [6.45, 7) is 0. The molecule has 0 aliphatic carbocycles. The number of phenols is 3. The van der Waals surface area contributed by atoms with E-state index >= 15 is 0 Å². The molecule has 3 aromatic rings. The van der Waals surface area contributed by atoms with E-state index in [1.165, 1.54) is 0 Å². The summed E-state index contributed by atoms with van der Waals surface area (Å²) in [5, 5.41) is 96.5. The molecule has 0 unspecified atom stereocenters. The Morgan fingerprint density at radius 1 is 0.388 bits per heavy atom. The van der Waals surface area contributed by atoms with Gasteiger partial charge in [0.1, 0.15) is 18.2 Å². The van der Waals surface area contributed by atoms with Crippen LogP contribution in [0.5, 0.6) is 17.2 Å². The second-order valence-corrected chi connectivity index (χ2v) is 8.28. The fraction of sp³-hybridized carbons (Fsp3) is 0. The quantitative estimate of drug-likeness (QED) is 0.151. The summed E-state index contributed by atoms with van der Waals surface area (Å²) in [7, 11) is 0. The van der Waals surface area contributed by atoms with Gasteiger partial charge in [-0.05, 0) is 14.8 Å². The number of nitro benzene ring substituents is 6. The van der Waals surface area contributed by atoms with Gasteiger partial charge in [-0.25, -0.2) is 0 Å². The molecule has 31 heteroatoms. The minimum atomic E-state index is -1.69. The fourth-order valence-corrected chi connectivity index (χ4v) is 3.28. The van der Waals surface area contributed by atoms with Crippen molar-refractivity contribution >= 4 is 51.2 Å². The third kappa shape index (κ3) is 7.30. The summed E-state index contributed by atoms with van der Waals surface area (Å²) in [5.41, 5.74) is -13.1. The summed E-state index contributed by atoms with van der Waals surface area (Å²) in [6.07, 6.45) is 0. The van der Waals surface area contributed by atoms with Gasteiger partial charge in [-0.1, -0.05) is 0 Å².